The lowest BCUT2D eigenvalue weighted by molar-refractivity contribution is 0.0982. The maximum absolute atomic E-state index is 11.8. The Morgan fingerprint density at radius 2 is 1.90 bits per heavy atom. The molecule has 0 bridgehead atoms. The molecule has 104 valence electrons. The van der Waals surface area contributed by atoms with Crippen LogP contribution in [0.5, 0.6) is 0 Å². The molecule has 1 heterocycles. The van der Waals surface area contributed by atoms with Crippen LogP contribution in [0.1, 0.15) is 20.8 Å². The third-order valence-corrected chi connectivity index (χ3v) is 4.83. The van der Waals surface area contributed by atoms with Crippen molar-refractivity contribution in [1.29, 1.82) is 0 Å². The van der Waals surface area contributed by atoms with Crippen molar-refractivity contribution in [3.8, 4) is 10.4 Å². The number of nitrogens with one attached hydrogen (secondary N) is 1. The quantitative estimate of drug-likeness (QED) is 0.832. The summed E-state index contributed by atoms with van der Waals surface area (Å²) in [5, 5.41) is 0. The van der Waals surface area contributed by atoms with Crippen molar-refractivity contribution in [2.24, 2.45) is 0 Å². The van der Waals surface area contributed by atoms with E-state index in [9.17, 15) is 13.2 Å². The molecule has 1 aromatic carbocycles. The van der Waals surface area contributed by atoms with Gasteiger partial charge in [0, 0.05) is 4.88 Å². The second kappa shape index (κ2) is 4.69. The molecule has 2 N–H and O–H groups in total. The van der Waals surface area contributed by atoms with Gasteiger partial charge in [-0.15, -0.1) is 11.3 Å². The molecule has 0 unspecified atom stereocenters. The van der Waals surface area contributed by atoms with Crippen LogP contribution in [-0.2, 0) is 23.1 Å². The maximum atomic E-state index is 11.8. The van der Waals surface area contributed by atoms with Crippen LogP contribution < -0.4 is 4.72 Å². The van der Waals surface area contributed by atoms with Gasteiger partial charge in [-0.05, 0) is 35.6 Å². The van der Waals surface area contributed by atoms with Gasteiger partial charge in [0.1, 0.15) is 0 Å². The van der Waals surface area contributed by atoms with E-state index in [-0.39, 0.29) is 4.88 Å². The van der Waals surface area contributed by atoms with Gasteiger partial charge in [0.25, 0.3) is 5.91 Å². The molecule has 5 nitrogen and oxygen atoms in total. The van der Waals surface area contributed by atoms with E-state index < -0.39 is 16.2 Å². The molecule has 7 heteroatoms. The minimum atomic E-state index is -4.53. The zero-order chi connectivity index (χ0) is 14.3. The molecule has 3 rings (SSSR count). The molecule has 0 saturated carbocycles. The molecule has 0 radical (unpaired) electrons. The number of aryl methyl sites for hydroxylation is 2. The third kappa shape index (κ3) is 2.47. The number of amides is 1. The summed E-state index contributed by atoms with van der Waals surface area (Å²) in [4.78, 5) is 13.0. The second-order valence-corrected chi connectivity index (χ2v) is 6.73. The van der Waals surface area contributed by atoms with Crippen molar-refractivity contribution in [1.82, 2.24) is 4.72 Å². The molecule has 0 fully saturated rings. The summed E-state index contributed by atoms with van der Waals surface area (Å²) in [5.41, 5.74) is 3.35. The van der Waals surface area contributed by atoms with Gasteiger partial charge < -0.3 is 0 Å². The number of hydrogen-bond donors (Lipinski definition) is 2. The van der Waals surface area contributed by atoms with E-state index in [0.29, 0.717) is 0 Å². The minimum Gasteiger partial charge on any atom is -0.269 e. The first-order valence-electron chi connectivity index (χ1n) is 5.94. The zero-order valence-electron chi connectivity index (χ0n) is 10.3. The molecule has 1 aliphatic carbocycles. The second-order valence-electron chi connectivity index (χ2n) is 4.53. The summed E-state index contributed by atoms with van der Waals surface area (Å²) in [6.07, 6.45) is 1.72. The van der Waals surface area contributed by atoms with E-state index >= 15 is 0 Å². The van der Waals surface area contributed by atoms with Gasteiger partial charge in [-0.3, -0.25) is 9.35 Å². The van der Waals surface area contributed by atoms with Crippen molar-refractivity contribution in [2.75, 3.05) is 0 Å². The first kappa shape index (κ1) is 13.3. The monoisotopic (exact) mass is 309 g/mol. The van der Waals surface area contributed by atoms with Gasteiger partial charge in [-0.25, -0.2) is 4.72 Å². The lowest BCUT2D eigenvalue weighted by atomic mass is 9.91. The van der Waals surface area contributed by atoms with Crippen molar-refractivity contribution in [2.45, 2.75) is 12.8 Å². The van der Waals surface area contributed by atoms with Crippen LogP contribution in [0, 0.1) is 0 Å². The Hall–Kier alpha value is -1.70. The van der Waals surface area contributed by atoms with Crippen LogP contribution >= 0.6 is 11.3 Å². The number of thiophene rings is 1. The summed E-state index contributed by atoms with van der Waals surface area (Å²) >= 11 is 1.24. The van der Waals surface area contributed by atoms with E-state index in [1.165, 1.54) is 16.9 Å². The molecule has 1 aromatic heterocycles. The fourth-order valence-electron chi connectivity index (χ4n) is 2.35. The van der Waals surface area contributed by atoms with Gasteiger partial charge in [0.15, 0.2) is 0 Å². The molecule has 1 aliphatic rings. The highest BCUT2D eigenvalue weighted by molar-refractivity contribution is 7.84. The van der Waals surface area contributed by atoms with E-state index in [0.717, 1.165) is 28.8 Å². The molecule has 0 aliphatic heterocycles. The molecule has 0 saturated heterocycles. The summed E-state index contributed by atoms with van der Waals surface area (Å²) in [7, 11) is -4.53. The number of benzene rings is 1. The number of carbonyl (C=O) groups excluding carboxylic acids is 1. The van der Waals surface area contributed by atoms with Crippen LogP contribution in [0.2, 0.25) is 0 Å². The standard InChI is InChI=1S/C13H11NO4S2/c15-13(14-20(16,17)18)11-7-9-6-5-8-3-1-2-4-10(8)12(9)19-11/h1-4,7H,5-6H2,(H,14,15)(H,16,17,18). The smallest absolute Gasteiger partial charge is 0.269 e. The Kier molecular flexibility index (Phi) is 3.12. The lowest BCUT2D eigenvalue weighted by Crippen LogP contribution is -2.29. The fourth-order valence-corrected chi connectivity index (χ4v) is 3.93. The largest absolute Gasteiger partial charge is 0.359 e. The zero-order valence-corrected chi connectivity index (χ0v) is 11.9. The average molecular weight is 309 g/mol. The molecular formula is C13H11NO4S2. The van der Waals surface area contributed by atoms with Crippen LogP contribution in [-0.4, -0.2) is 18.9 Å². The number of fused-ring (bicyclic) bond motifs is 3. The number of hydrogen-bond acceptors (Lipinski definition) is 4. The lowest BCUT2D eigenvalue weighted by Gasteiger charge is -2.15. The summed E-state index contributed by atoms with van der Waals surface area (Å²) < 4.78 is 31.6. The van der Waals surface area contributed by atoms with E-state index in [1.54, 1.807) is 10.8 Å². The number of carbonyl (C=O) groups is 1. The highest BCUT2D eigenvalue weighted by Gasteiger charge is 2.22. The van der Waals surface area contributed by atoms with Crippen molar-refractivity contribution in [3.05, 3.63) is 46.3 Å². The molecular weight excluding hydrogens is 298 g/mol. The number of rotatable bonds is 2. The fraction of sp³-hybridized carbons (Fsp3) is 0.154. The van der Waals surface area contributed by atoms with Crippen LogP contribution in [0.3, 0.4) is 0 Å². The minimum absolute atomic E-state index is 0.282. The van der Waals surface area contributed by atoms with Crippen LogP contribution in [0.25, 0.3) is 10.4 Å². The Balaban J connectivity index is 2.01. The summed E-state index contributed by atoms with van der Waals surface area (Å²) in [6.45, 7) is 0. The van der Waals surface area contributed by atoms with Gasteiger partial charge in [0.2, 0.25) is 0 Å². The van der Waals surface area contributed by atoms with Crippen LogP contribution in [0.15, 0.2) is 30.3 Å². The molecule has 0 atom stereocenters. The van der Waals surface area contributed by atoms with Gasteiger partial charge in [-0.1, -0.05) is 24.3 Å². The van der Waals surface area contributed by atoms with E-state index in [1.807, 2.05) is 18.2 Å². The summed E-state index contributed by atoms with van der Waals surface area (Å²) in [5.74, 6) is -0.801. The third-order valence-electron chi connectivity index (χ3n) is 3.18. The molecule has 20 heavy (non-hydrogen) atoms. The van der Waals surface area contributed by atoms with Gasteiger partial charge in [0.05, 0.1) is 4.88 Å². The van der Waals surface area contributed by atoms with Crippen LogP contribution in [0.4, 0.5) is 0 Å². The highest BCUT2D eigenvalue weighted by atomic mass is 32.2. The van der Waals surface area contributed by atoms with Crippen molar-refractivity contribution >= 4 is 27.5 Å². The van der Waals surface area contributed by atoms with Gasteiger partial charge >= 0.3 is 10.3 Å². The Labute approximate surface area is 120 Å². The van der Waals surface area contributed by atoms with Crippen molar-refractivity contribution in [3.63, 3.8) is 0 Å². The Morgan fingerprint density at radius 3 is 2.65 bits per heavy atom. The summed E-state index contributed by atoms with van der Waals surface area (Å²) in [6, 6.07) is 9.65. The van der Waals surface area contributed by atoms with Crippen molar-refractivity contribution < 1.29 is 17.8 Å². The topological polar surface area (TPSA) is 83.5 Å². The molecule has 1 amide bonds. The van der Waals surface area contributed by atoms with E-state index in [4.69, 9.17) is 4.55 Å². The normalized spacial score (nSPS) is 13.4. The predicted octanol–water partition coefficient (Wildman–Crippen LogP) is 2.05. The Bertz CT molecular complexity index is 792. The first-order valence-corrected chi connectivity index (χ1v) is 8.20. The van der Waals surface area contributed by atoms with E-state index in [2.05, 4.69) is 6.07 Å². The SMILES string of the molecule is O=C(NS(=O)(=O)O)c1cc2c(s1)-c1ccccc1CC2. The predicted molar refractivity (Wildman–Crippen MR) is 76.2 cm³/mol. The highest BCUT2D eigenvalue weighted by Crippen LogP contribution is 2.39. The average Bonchev–Trinajstić information content (AvgIpc) is 2.81. The molecule has 2 aromatic rings. The first-order chi connectivity index (χ1) is 9.44. The maximum Gasteiger partial charge on any atom is 0.359 e. The Morgan fingerprint density at radius 1 is 1.20 bits per heavy atom. The molecule has 0 spiro atoms. The van der Waals surface area contributed by atoms with Gasteiger partial charge in [-0.2, -0.15) is 8.42 Å².